The zero-order valence-electron chi connectivity index (χ0n) is 12.7. The van der Waals surface area contributed by atoms with Gasteiger partial charge in [0.05, 0.1) is 11.6 Å². The highest BCUT2D eigenvalue weighted by molar-refractivity contribution is 5.89. The minimum absolute atomic E-state index is 0.0506. The van der Waals surface area contributed by atoms with E-state index in [0.717, 1.165) is 44.1 Å². The molecule has 0 radical (unpaired) electrons. The lowest BCUT2D eigenvalue weighted by atomic mass is 10.1. The molecule has 1 saturated heterocycles. The molecule has 0 aromatic heterocycles. The highest BCUT2D eigenvalue weighted by atomic mass is 16.2. The molecule has 22 heavy (non-hydrogen) atoms. The monoisotopic (exact) mass is 298 g/mol. The number of carbonyl (C=O) groups is 1. The molecule has 3 rings (SSSR count). The topological polar surface area (TPSA) is 68.2 Å². The smallest absolute Gasteiger partial charge is 0.321 e. The van der Waals surface area contributed by atoms with Crippen LogP contribution in [0.1, 0.15) is 31.2 Å². The summed E-state index contributed by atoms with van der Waals surface area (Å²) in [7, 11) is 0. The molecule has 1 aliphatic carbocycles. The number of urea groups is 1. The third-order valence-electron chi connectivity index (χ3n) is 4.44. The van der Waals surface area contributed by atoms with Crippen LogP contribution >= 0.6 is 0 Å². The van der Waals surface area contributed by atoms with Crippen LogP contribution in [0, 0.1) is 17.2 Å². The van der Waals surface area contributed by atoms with Gasteiger partial charge in [-0.25, -0.2) is 4.79 Å². The molecule has 0 unspecified atom stereocenters. The molecule has 1 aromatic rings. The predicted molar refractivity (Wildman–Crippen MR) is 85.5 cm³/mol. The summed E-state index contributed by atoms with van der Waals surface area (Å²) in [5.41, 5.74) is 1.33. The summed E-state index contributed by atoms with van der Waals surface area (Å²) in [6.45, 7) is 2.73. The largest absolute Gasteiger partial charge is 0.324 e. The normalized spacial score (nSPS) is 18.8. The van der Waals surface area contributed by atoms with Crippen molar-refractivity contribution in [1.29, 1.82) is 5.26 Å². The maximum atomic E-state index is 12.2. The van der Waals surface area contributed by atoms with Crippen molar-refractivity contribution < 1.29 is 4.79 Å². The Labute approximate surface area is 131 Å². The Bertz CT molecular complexity index is 551. The lowest BCUT2D eigenvalue weighted by Gasteiger charge is -2.32. The molecule has 2 N–H and O–H groups in total. The molecule has 2 fully saturated rings. The molecule has 2 amide bonds. The first kappa shape index (κ1) is 14.9. The number of rotatable bonds is 4. The van der Waals surface area contributed by atoms with E-state index >= 15 is 0 Å². The van der Waals surface area contributed by atoms with Gasteiger partial charge in [-0.15, -0.1) is 0 Å². The van der Waals surface area contributed by atoms with E-state index in [1.165, 1.54) is 12.8 Å². The quantitative estimate of drug-likeness (QED) is 0.897. The van der Waals surface area contributed by atoms with Gasteiger partial charge in [0.25, 0.3) is 0 Å². The zero-order chi connectivity index (χ0) is 15.4. The van der Waals surface area contributed by atoms with Crippen LogP contribution < -0.4 is 10.6 Å². The van der Waals surface area contributed by atoms with E-state index in [1.54, 1.807) is 24.3 Å². The van der Waals surface area contributed by atoms with Gasteiger partial charge in [0, 0.05) is 24.8 Å². The van der Waals surface area contributed by atoms with Gasteiger partial charge in [-0.2, -0.15) is 5.26 Å². The third kappa shape index (κ3) is 3.99. The summed E-state index contributed by atoms with van der Waals surface area (Å²) in [6, 6.07) is 9.53. The summed E-state index contributed by atoms with van der Waals surface area (Å²) in [5.74, 6) is 0.901. The van der Waals surface area contributed by atoms with Gasteiger partial charge in [-0.1, -0.05) is 0 Å². The first-order chi connectivity index (χ1) is 10.7. The van der Waals surface area contributed by atoms with E-state index < -0.39 is 0 Å². The van der Waals surface area contributed by atoms with E-state index in [4.69, 9.17) is 5.26 Å². The second-order valence-electron chi connectivity index (χ2n) is 6.23. The second-order valence-corrected chi connectivity index (χ2v) is 6.23. The van der Waals surface area contributed by atoms with Crippen LogP contribution in [0.25, 0.3) is 0 Å². The average Bonchev–Trinajstić information content (AvgIpc) is 3.38. The van der Waals surface area contributed by atoms with Crippen molar-refractivity contribution in [3.63, 3.8) is 0 Å². The Kier molecular flexibility index (Phi) is 4.59. The molecule has 0 atom stereocenters. The first-order valence-electron chi connectivity index (χ1n) is 8.04. The number of amides is 2. The van der Waals surface area contributed by atoms with Crippen LogP contribution in [0.2, 0.25) is 0 Å². The van der Waals surface area contributed by atoms with Gasteiger partial charge in [-0.3, -0.25) is 0 Å². The predicted octanol–water partition coefficient (Wildman–Crippen LogP) is 2.55. The fourth-order valence-corrected chi connectivity index (χ4v) is 2.77. The average molecular weight is 298 g/mol. The van der Waals surface area contributed by atoms with Crippen molar-refractivity contribution in [3.8, 4) is 6.07 Å². The third-order valence-corrected chi connectivity index (χ3v) is 4.44. The number of nitriles is 1. The number of hydrogen-bond donors (Lipinski definition) is 2. The number of carbonyl (C=O) groups excluding carboxylic acids is 1. The number of benzene rings is 1. The number of hydrogen-bond acceptors (Lipinski definition) is 3. The molecule has 5 nitrogen and oxygen atoms in total. The highest BCUT2D eigenvalue weighted by Gasteiger charge is 2.25. The van der Waals surface area contributed by atoms with Gasteiger partial charge in [0.1, 0.15) is 0 Å². The van der Waals surface area contributed by atoms with Crippen LogP contribution in [0.3, 0.4) is 0 Å². The van der Waals surface area contributed by atoms with Crippen molar-refractivity contribution in [1.82, 2.24) is 10.2 Å². The van der Waals surface area contributed by atoms with Gasteiger partial charge >= 0.3 is 6.03 Å². The number of anilines is 1. The van der Waals surface area contributed by atoms with E-state index in [-0.39, 0.29) is 6.03 Å². The molecule has 5 heteroatoms. The molecule has 1 aromatic carbocycles. The molecule has 1 heterocycles. The van der Waals surface area contributed by atoms with E-state index in [9.17, 15) is 4.79 Å². The second kappa shape index (κ2) is 6.80. The fraction of sp³-hybridized carbons (Fsp3) is 0.529. The summed E-state index contributed by atoms with van der Waals surface area (Å²) < 4.78 is 0. The number of piperidine rings is 1. The minimum Gasteiger partial charge on any atom is -0.324 e. The summed E-state index contributed by atoms with van der Waals surface area (Å²) >= 11 is 0. The summed E-state index contributed by atoms with van der Waals surface area (Å²) in [5, 5.41) is 15.3. The molecule has 0 spiro atoms. The van der Waals surface area contributed by atoms with Gasteiger partial charge in [0.2, 0.25) is 0 Å². The van der Waals surface area contributed by atoms with Gasteiger partial charge in [0.15, 0.2) is 0 Å². The van der Waals surface area contributed by atoms with Crippen molar-refractivity contribution in [2.24, 2.45) is 5.92 Å². The Balaban J connectivity index is 1.43. The van der Waals surface area contributed by atoms with Crippen LogP contribution in [0.4, 0.5) is 10.5 Å². The number of nitrogens with zero attached hydrogens (tertiary/aromatic N) is 2. The van der Waals surface area contributed by atoms with Crippen molar-refractivity contribution in [3.05, 3.63) is 29.8 Å². The van der Waals surface area contributed by atoms with Crippen molar-refractivity contribution in [2.75, 3.05) is 25.0 Å². The van der Waals surface area contributed by atoms with Crippen LogP contribution in [0.15, 0.2) is 24.3 Å². The van der Waals surface area contributed by atoms with E-state index in [2.05, 4.69) is 16.7 Å². The highest BCUT2D eigenvalue weighted by Crippen LogP contribution is 2.28. The Morgan fingerprint density at radius 2 is 1.86 bits per heavy atom. The maximum Gasteiger partial charge on any atom is 0.321 e. The van der Waals surface area contributed by atoms with Crippen LogP contribution in [-0.2, 0) is 0 Å². The van der Waals surface area contributed by atoms with Gasteiger partial charge in [-0.05, 0) is 62.4 Å². The molecular formula is C17H22N4O. The SMILES string of the molecule is N#Cc1ccc(NC(=O)N2CCC(NCC3CC3)CC2)cc1. The molecule has 116 valence electrons. The van der Waals surface area contributed by atoms with Crippen molar-refractivity contribution >= 4 is 11.7 Å². The van der Waals surface area contributed by atoms with Crippen LogP contribution in [-0.4, -0.2) is 36.6 Å². The molecule has 1 aliphatic heterocycles. The summed E-state index contributed by atoms with van der Waals surface area (Å²) in [6.07, 6.45) is 4.79. The van der Waals surface area contributed by atoms with E-state index in [1.807, 2.05) is 4.90 Å². The Hall–Kier alpha value is -2.06. The zero-order valence-corrected chi connectivity index (χ0v) is 12.7. The Morgan fingerprint density at radius 3 is 2.45 bits per heavy atom. The Morgan fingerprint density at radius 1 is 1.18 bits per heavy atom. The number of likely N-dealkylation sites (tertiary alicyclic amines) is 1. The maximum absolute atomic E-state index is 12.2. The lowest BCUT2D eigenvalue weighted by Crippen LogP contribution is -2.46. The summed E-state index contributed by atoms with van der Waals surface area (Å²) in [4.78, 5) is 14.1. The molecule has 1 saturated carbocycles. The minimum atomic E-state index is -0.0506. The van der Waals surface area contributed by atoms with Crippen LogP contribution in [0.5, 0.6) is 0 Å². The molecule has 0 bridgehead atoms. The molecule has 2 aliphatic rings. The number of nitrogens with one attached hydrogen (secondary N) is 2. The van der Waals surface area contributed by atoms with Gasteiger partial charge < -0.3 is 15.5 Å². The van der Waals surface area contributed by atoms with E-state index in [0.29, 0.717) is 11.6 Å². The molecular weight excluding hydrogens is 276 g/mol. The lowest BCUT2D eigenvalue weighted by molar-refractivity contribution is 0.189. The fourth-order valence-electron chi connectivity index (χ4n) is 2.77. The van der Waals surface area contributed by atoms with Crippen molar-refractivity contribution in [2.45, 2.75) is 31.7 Å². The standard InChI is InChI=1S/C17H22N4O/c18-11-13-3-5-16(6-4-13)20-17(22)21-9-7-15(8-10-21)19-12-14-1-2-14/h3-6,14-15,19H,1-2,7-10,12H2,(H,20,22). The first-order valence-corrected chi connectivity index (χ1v) is 8.04.